The molecule has 1 N–H and O–H groups in total. The molecule has 7 nitrogen and oxygen atoms in total. The monoisotopic (exact) mass is 498 g/mol. The number of methoxy groups -OCH3 is 1. The van der Waals surface area contributed by atoms with Crippen LogP contribution in [-0.4, -0.2) is 50.3 Å². The lowest BCUT2D eigenvalue weighted by molar-refractivity contribution is -0.143. The van der Waals surface area contributed by atoms with E-state index in [4.69, 9.17) is 25.5 Å². The lowest BCUT2D eigenvalue weighted by atomic mass is 9.88. The first-order chi connectivity index (χ1) is 16.8. The first-order valence-corrected chi connectivity index (χ1v) is 12.2. The molecule has 2 atom stereocenters. The summed E-state index contributed by atoms with van der Waals surface area (Å²) in [5, 5.41) is 2.96. The molecule has 0 aromatic heterocycles. The Balaban J connectivity index is 1.65. The summed E-state index contributed by atoms with van der Waals surface area (Å²) in [7, 11) is 3.39. The Morgan fingerprint density at radius 1 is 1.23 bits per heavy atom. The Labute approximate surface area is 210 Å². The fourth-order valence-electron chi connectivity index (χ4n) is 4.70. The Hall–Kier alpha value is -3.03. The minimum absolute atomic E-state index is 0.00702. The minimum atomic E-state index is -0.800. The zero-order chi connectivity index (χ0) is 25.1. The summed E-state index contributed by atoms with van der Waals surface area (Å²) in [4.78, 5) is 27.1. The molecule has 0 fully saturated rings. The Morgan fingerprint density at radius 3 is 2.77 bits per heavy atom. The third-order valence-electron chi connectivity index (χ3n) is 6.40. The smallest absolute Gasteiger partial charge is 0.413 e. The number of fused-ring (bicyclic) bond motifs is 2. The maximum Gasteiger partial charge on any atom is 0.413 e. The van der Waals surface area contributed by atoms with Crippen LogP contribution < -0.4 is 10.1 Å². The number of hydrogen-bond acceptors (Lipinski definition) is 6. The van der Waals surface area contributed by atoms with Gasteiger partial charge in [0.1, 0.15) is 11.8 Å². The molecule has 2 aliphatic heterocycles. The molecular formula is C27H31ClN2O5. The van der Waals surface area contributed by atoms with Crippen LogP contribution in [0.2, 0.25) is 5.02 Å². The summed E-state index contributed by atoms with van der Waals surface area (Å²) in [5.74, 6) is 0.770. The number of rotatable bonds is 6. The highest BCUT2D eigenvalue weighted by molar-refractivity contribution is 6.32. The van der Waals surface area contributed by atoms with E-state index in [0.29, 0.717) is 11.4 Å². The lowest BCUT2D eigenvalue weighted by Crippen LogP contribution is -2.43. The molecule has 0 saturated carbocycles. The van der Waals surface area contributed by atoms with Crippen LogP contribution in [-0.2, 0) is 16.0 Å². The summed E-state index contributed by atoms with van der Waals surface area (Å²) in [6.45, 7) is 5.58. The molecule has 4 rings (SSSR count). The van der Waals surface area contributed by atoms with Gasteiger partial charge in [-0.2, -0.15) is 0 Å². The highest BCUT2D eigenvalue weighted by Gasteiger charge is 2.30. The molecule has 8 heteroatoms. The quantitative estimate of drug-likeness (QED) is 0.462. The predicted molar refractivity (Wildman–Crippen MR) is 134 cm³/mol. The number of carbonyl (C=O) groups is 2. The molecule has 1 aromatic carbocycles. The van der Waals surface area contributed by atoms with Crippen LogP contribution >= 0.6 is 11.6 Å². The van der Waals surface area contributed by atoms with Crippen molar-refractivity contribution in [1.82, 2.24) is 10.2 Å². The van der Waals surface area contributed by atoms with Crippen molar-refractivity contribution in [3.8, 4) is 17.1 Å². The van der Waals surface area contributed by atoms with Gasteiger partial charge in [0.2, 0.25) is 0 Å². The first-order valence-electron chi connectivity index (χ1n) is 11.8. The molecule has 0 radical (unpaired) electrons. The average Bonchev–Trinajstić information content (AvgIpc) is 3.18. The fraction of sp³-hybridized carbons (Fsp3) is 0.407. The Kier molecular flexibility index (Phi) is 7.67. The van der Waals surface area contributed by atoms with Gasteiger partial charge >= 0.3 is 12.1 Å². The number of ether oxygens (including phenoxy) is 2. The number of esters is 1. The number of benzene rings is 1. The summed E-state index contributed by atoms with van der Waals surface area (Å²) in [5.41, 5.74) is 4.27. The number of hydrogen-bond donors (Lipinski definition) is 1. The van der Waals surface area contributed by atoms with E-state index >= 15 is 0 Å². The molecule has 2 unspecified atom stereocenters. The summed E-state index contributed by atoms with van der Waals surface area (Å²) in [6.07, 6.45) is 2.19. The number of likely N-dealkylation sites (N-methyl/N-ethyl adjacent to an activating group) is 1. The van der Waals surface area contributed by atoms with Crippen molar-refractivity contribution in [2.24, 2.45) is 5.92 Å². The molecule has 3 aliphatic rings. The molecule has 1 aliphatic carbocycles. The van der Waals surface area contributed by atoms with Gasteiger partial charge in [-0.15, -0.1) is 0 Å². The van der Waals surface area contributed by atoms with Crippen molar-refractivity contribution in [3.63, 3.8) is 0 Å². The van der Waals surface area contributed by atoms with Gasteiger partial charge in [0, 0.05) is 30.1 Å². The van der Waals surface area contributed by atoms with Gasteiger partial charge in [-0.25, -0.2) is 9.59 Å². The van der Waals surface area contributed by atoms with E-state index in [2.05, 4.69) is 29.4 Å². The Bertz CT molecular complexity index is 1170. The van der Waals surface area contributed by atoms with E-state index in [-0.39, 0.29) is 17.6 Å². The third kappa shape index (κ3) is 5.63. The topological polar surface area (TPSA) is 81.0 Å². The zero-order valence-corrected chi connectivity index (χ0v) is 21.2. The van der Waals surface area contributed by atoms with Crippen molar-refractivity contribution < 1.29 is 23.5 Å². The predicted octanol–water partition coefficient (Wildman–Crippen LogP) is 5.33. The van der Waals surface area contributed by atoms with Gasteiger partial charge in [-0.05, 0) is 61.2 Å². The van der Waals surface area contributed by atoms with Gasteiger partial charge in [-0.3, -0.25) is 0 Å². The van der Waals surface area contributed by atoms with Gasteiger partial charge < -0.3 is 24.1 Å². The molecule has 35 heavy (non-hydrogen) atoms. The van der Waals surface area contributed by atoms with E-state index < -0.39 is 18.1 Å². The molecule has 0 saturated heterocycles. The van der Waals surface area contributed by atoms with Crippen molar-refractivity contribution in [2.45, 2.75) is 38.6 Å². The second-order valence-corrected chi connectivity index (χ2v) is 9.88. The number of halogens is 1. The molecule has 1 amide bonds. The van der Waals surface area contributed by atoms with Crippen LogP contribution in [0, 0.1) is 5.92 Å². The van der Waals surface area contributed by atoms with E-state index in [0.717, 1.165) is 47.5 Å². The maximum atomic E-state index is 12.7. The molecule has 0 bridgehead atoms. The van der Waals surface area contributed by atoms with Crippen LogP contribution in [0.5, 0.6) is 5.75 Å². The van der Waals surface area contributed by atoms with Crippen LogP contribution in [0.1, 0.15) is 42.9 Å². The lowest BCUT2D eigenvalue weighted by Gasteiger charge is -2.23. The first kappa shape index (κ1) is 25.1. The molecule has 2 heterocycles. The largest absolute Gasteiger partial charge is 0.467 e. The molecule has 0 spiro atoms. The van der Waals surface area contributed by atoms with E-state index in [1.54, 1.807) is 6.26 Å². The SMILES string of the molecule is COC(=O)C(CC(C)C)NC(=O)Oc1cc2c(cc1Cl)CCN(C)CC2c1ccc2cccoc1-2. The second kappa shape index (κ2) is 10.7. The van der Waals surface area contributed by atoms with Gasteiger partial charge in [0.15, 0.2) is 5.75 Å². The summed E-state index contributed by atoms with van der Waals surface area (Å²) in [6, 6.07) is 11.0. The molecule has 1 aromatic rings. The number of amides is 1. The van der Waals surface area contributed by atoms with Crippen molar-refractivity contribution in [3.05, 3.63) is 64.4 Å². The van der Waals surface area contributed by atoms with Gasteiger partial charge in [0.25, 0.3) is 0 Å². The van der Waals surface area contributed by atoms with E-state index in [1.165, 1.54) is 7.11 Å². The zero-order valence-electron chi connectivity index (χ0n) is 20.5. The van der Waals surface area contributed by atoms with Crippen molar-refractivity contribution in [2.75, 3.05) is 27.2 Å². The fourth-order valence-corrected chi connectivity index (χ4v) is 4.92. The number of nitrogens with zero attached hydrogens (tertiary/aromatic N) is 1. The number of nitrogens with one attached hydrogen (secondary N) is 1. The summed E-state index contributed by atoms with van der Waals surface area (Å²) >= 11 is 6.54. The molecule has 186 valence electrons. The summed E-state index contributed by atoms with van der Waals surface area (Å²) < 4.78 is 16.3. The normalized spacial score (nSPS) is 17.0. The molecular weight excluding hydrogens is 468 g/mol. The highest BCUT2D eigenvalue weighted by atomic mass is 35.5. The highest BCUT2D eigenvalue weighted by Crippen LogP contribution is 2.41. The third-order valence-corrected chi connectivity index (χ3v) is 6.69. The van der Waals surface area contributed by atoms with E-state index in [9.17, 15) is 9.59 Å². The van der Waals surface area contributed by atoms with Crippen LogP contribution in [0.4, 0.5) is 4.79 Å². The average molecular weight is 499 g/mol. The van der Waals surface area contributed by atoms with Gasteiger partial charge in [-0.1, -0.05) is 37.6 Å². The number of carbonyl (C=O) groups excluding carboxylic acids is 2. The van der Waals surface area contributed by atoms with Crippen LogP contribution in [0.25, 0.3) is 11.3 Å². The van der Waals surface area contributed by atoms with E-state index in [1.807, 2.05) is 38.1 Å². The second-order valence-electron chi connectivity index (χ2n) is 9.47. The van der Waals surface area contributed by atoms with Crippen molar-refractivity contribution >= 4 is 23.7 Å². The standard InChI is InChI=1S/C27H31ClN2O5/c1-16(2)12-23(26(31)33-4)29-27(32)35-24-14-20-18(13-22(24)28)9-10-30(3)15-21(20)19-8-7-17-6-5-11-34-25(17)19/h5-8,11,13-14,16,21,23H,9-10,12,15H2,1-4H3,(H,29,32). The minimum Gasteiger partial charge on any atom is -0.467 e. The van der Waals surface area contributed by atoms with Crippen LogP contribution in [0.3, 0.4) is 0 Å². The van der Waals surface area contributed by atoms with Crippen molar-refractivity contribution in [1.29, 1.82) is 0 Å². The van der Waals surface area contributed by atoms with Gasteiger partial charge in [0.05, 0.1) is 18.4 Å². The Morgan fingerprint density at radius 2 is 2.03 bits per heavy atom. The maximum absolute atomic E-state index is 12.7. The van der Waals surface area contributed by atoms with Crippen LogP contribution in [0.15, 0.2) is 47.1 Å².